The number of nitrogens with zero attached hydrogens (tertiary/aromatic N) is 3. The van der Waals surface area contributed by atoms with Crippen molar-refractivity contribution in [1.29, 1.82) is 0 Å². The van der Waals surface area contributed by atoms with Crippen LogP contribution in [0.2, 0.25) is 0 Å². The van der Waals surface area contributed by atoms with Gasteiger partial charge < -0.3 is 9.64 Å². The minimum atomic E-state index is 0.833. The van der Waals surface area contributed by atoms with Crippen LogP contribution in [0.1, 0.15) is 11.1 Å². The fourth-order valence-corrected chi connectivity index (χ4v) is 9.77. The number of para-hydroxylation sites is 4. The van der Waals surface area contributed by atoms with E-state index in [9.17, 15) is 0 Å². The maximum atomic E-state index is 6.51. The van der Waals surface area contributed by atoms with E-state index >= 15 is 0 Å². The highest BCUT2D eigenvalue weighted by molar-refractivity contribution is 6.25. The summed E-state index contributed by atoms with van der Waals surface area (Å²) in [6.45, 7) is 0. The summed E-state index contributed by atoms with van der Waals surface area (Å²) in [6.07, 6.45) is 0. The lowest BCUT2D eigenvalue weighted by molar-refractivity contribution is 0.477. The normalized spacial score (nSPS) is 13.0. The van der Waals surface area contributed by atoms with E-state index in [-0.39, 0.29) is 0 Å². The molecule has 0 aliphatic carbocycles. The molecule has 0 N–H and O–H groups in total. The Labute approximate surface area is 352 Å². The molecule has 4 nitrogen and oxygen atoms in total. The molecule has 0 bridgehead atoms. The van der Waals surface area contributed by atoms with Gasteiger partial charge in [-0.2, -0.15) is 0 Å². The molecule has 3 heterocycles. The van der Waals surface area contributed by atoms with Gasteiger partial charge in [0.2, 0.25) is 0 Å². The maximum Gasteiger partial charge on any atom is 0.258 e. The van der Waals surface area contributed by atoms with Gasteiger partial charge in [-0.1, -0.05) is 144 Å². The predicted octanol–water partition coefficient (Wildman–Crippen LogP) is 14.8. The number of fused-ring (bicyclic) bond motifs is 9. The van der Waals surface area contributed by atoms with Gasteiger partial charge >= 0.3 is 0 Å². The van der Waals surface area contributed by atoms with E-state index in [0.717, 1.165) is 50.7 Å². The zero-order valence-corrected chi connectivity index (χ0v) is 33.0. The topological polar surface area (TPSA) is 20.4 Å². The number of hydrogen-bond donors (Lipinski definition) is 0. The van der Waals surface area contributed by atoms with Crippen molar-refractivity contribution in [3.8, 4) is 33.8 Å². The largest absolute Gasteiger partial charge is 0.453 e. The van der Waals surface area contributed by atoms with Crippen molar-refractivity contribution in [2.75, 3.05) is 4.90 Å². The van der Waals surface area contributed by atoms with Crippen molar-refractivity contribution in [3.63, 3.8) is 0 Å². The molecule has 13 rings (SSSR count). The quantitative estimate of drug-likeness (QED) is 0.162. The van der Waals surface area contributed by atoms with Gasteiger partial charge in [0.05, 0.1) is 16.9 Å². The van der Waals surface area contributed by atoms with Crippen molar-refractivity contribution < 1.29 is 4.74 Å². The van der Waals surface area contributed by atoms with Crippen LogP contribution in [0, 0.1) is 0 Å². The number of ether oxygens (including phenoxy) is 1. The molecule has 0 spiro atoms. The lowest BCUT2D eigenvalue weighted by Gasteiger charge is -2.33. The Morgan fingerprint density at radius 1 is 0.377 bits per heavy atom. The third kappa shape index (κ3) is 5.09. The van der Waals surface area contributed by atoms with Crippen LogP contribution in [0.4, 0.5) is 22.7 Å². The van der Waals surface area contributed by atoms with Crippen LogP contribution in [0.5, 0.6) is 11.5 Å². The highest BCUT2D eigenvalue weighted by Crippen LogP contribution is 2.51. The second-order valence-corrected chi connectivity index (χ2v) is 15.9. The summed E-state index contributed by atoms with van der Waals surface area (Å²) < 4.78 is 11.4. The third-order valence-electron chi connectivity index (χ3n) is 12.6. The Balaban J connectivity index is 1.00. The van der Waals surface area contributed by atoms with Gasteiger partial charge in [0.25, 0.3) is 11.4 Å². The van der Waals surface area contributed by atoms with E-state index in [1.165, 1.54) is 66.0 Å². The summed E-state index contributed by atoms with van der Waals surface area (Å²) in [5.74, 6) is 1.68. The van der Waals surface area contributed by atoms with Crippen LogP contribution < -0.4 is 14.3 Å². The standard InChI is InChI=1S/C57H36N3O/c1-2-16-43(17-3-1)58-51-23-10-11-24-54(51)61-55-34-31-42(36-53(55)58)41-30-32-50-48(35-41)56-46-19-7-5-14-38(46)29-33-52(56)59(50)60-49-22-9-8-20-47(49)57(60)40-27-25-39(26-28-40)45-21-12-15-37-13-4-6-18-44(37)45/h1-36H/q+1. The van der Waals surface area contributed by atoms with Crippen LogP contribution in [-0.2, 0) is 0 Å². The monoisotopic (exact) mass is 778 g/mol. The number of benzene rings is 10. The van der Waals surface area contributed by atoms with Crippen LogP contribution in [0.3, 0.4) is 0 Å². The summed E-state index contributed by atoms with van der Waals surface area (Å²) in [4.78, 5) is 2.31. The Kier molecular flexibility index (Phi) is 7.27. The molecule has 2 aliphatic heterocycles. The van der Waals surface area contributed by atoms with E-state index in [2.05, 4.69) is 221 Å². The molecule has 0 fully saturated rings. The molecule has 284 valence electrons. The van der Waals surface area contributed by atoms with Crippen LogP contribution >= 0.6 is 0 Å². The molecule has 10 aromatic carbocycles. The zero-order valence-electron chi connectivity index (χ0n) is 33.0. The Morgan fingerprint density at radius 3 is 1.89 bits per heavy atom. The van der Waals surface area contributed by atoms with Crippen molar-refractivity contribution in [2.24, 2.45) is 0 Å². The van der Waals surface area contributed by atoms with Gasteiger partial charge in [0.1, 0.15) is 16.6 Å². The van der Waals surface area contributed by atoms with Gasteiger partial charge in [-0.15, -0.1) is 4.68 Å². The Hall–Kier alpha value is -8.21. The SMILES string of the molecule is c1ccc(N2c3ccccc3Oc3ccc(-c4ccc5c(c4)c4c6ccccc6ccc4n5[N+]4=C(c5ccc(-c6cccc7ccccc67)cc5)c5ccccc54)cc32)cc1. The Morgan fingerprint density at radius 2 is 1.00 bits per heavy atom. The van der Waals surface area contributed by atoms with E-state index < -0.39 is 0 Å². The van der Waals surface area contributed by atoms with Gasteiger partial charge in [-0.3, -0.25) is 0 Å². The molecule has 2 aliphatic rings. The van der Waals surface area contributed by atoms with E-state index in [4.69, 9.17) is 4.74 Å². The van der Waals surface area contributed by atoms with Crippen molar-refractivity contribution in [3.05, 3.63) is 230 Å². The van der Waals surface area contributed by atoms with Crippen molar-refractivity contribution in [1.82, 2.24) is 9.36 Å². The molecular formula is C57H36N3O+. The number of anilines is 3. The predicted molar refractivity (Wildman–Crippen MR) is 253 cm³/mol. The van der Waals surface area contributed by atoms with Gasteiger partial charge in [-0.25, -0.2) is 0 Å². The Bertz CT molecular complexity index is 3610. The molecule has 0 saturated heterocycles. The molecule has 0 saturated carbocycles. The average Bonchev–Trinajstić information content (AvgIpc) is 3.64. The molecule has 0 unspecified atom stereocenters. The van der Waals surface area contributed by atoms with Crippen molar-refractivity contribution >= 4 is 71.8 Å². The molecular weight excluding hydrogens is 743 g/mol. The molecule has 4 heteroatoms. The molecule has 61 heavy (non-hydrogen) atoms. The van der Waals surface area contributed by atoms with E-state index in [1.807, 2.05) is 12.1 Å². The smallest absolute Gasteiger partial charge is 0.258 e. The van der Waals surface area contributed by atoms with E-state index in [0.29, 0.717) is 0 Å². The third-order valence-corrected chi connectivity index (χ3v) is 12.6. The first kappa shape index (κ1) is 33.7. The van der Waals surface area contributed by atoms with Gasteiger partial charge in [0.15, 0.2) is 11.5 Å². The fourth-order valence-electron chi connectivity index (χ4n) is 9.77. The minimum absolute atomic E-state index is 0.833. The highest BCUT2D eigenvalue weighted by atomic mass is 16.5. The maximum absolute atomic E-state index is 6.51. The second kappa shape index (κ2) is 13.2. The molecule has 0 radical (unpaired) electrons. The zero-order chi connectivity index (χ0) is 40.0. The van der Waals surface area contributed by atoms with Gasteiger partial charge in [0, 0.05) is 22.5 Å². The summed E-state index contributed by atoms with van der Waals surface area (Å²) in [6, 6.07) is 78.8. The fraction of sp³-hybridized carbons (Fsp3) is 0. The lowest BCUT2D eigenvalue weighted by atomic mass is 9.92. The summed E-state index contributed by atoms with van der Waals surface area (Å²) >= 11 is 0. The molecule has 0 amide bonds. The first-order valence-corrected chi connectivity index (χ1v) is 20.8. The van der Waals surface area contributed by atoms with Crippen LogP contribution in [0.15, 0.2) is 218 Å². The number of hydrogen-bond acceptors (Lipinski definition) is 2. The first-order chi connectivity index (χ1) is 30.3. The number of rotatable bonds is 5. The second-order valence-electron chi connectivity index (χ2n) is 15.9. The van der Waals surface area contributed by atoms with Crippen molar-refractivity contribution in [2.45, 2.75) is 0 Å². The average molecular weight is 779 g/mol. The van der Waals surface area contributed by atoms with Gasteiger partial charge in [-0.05, 0) is 117 Å². The van der Waals surface area contributed by atoms with Crippen LogP contribution in [-0.4, -0.2) is 10.4 Å². The first-order valence-electron chi connectivity index (χ1n) is 20.8. The van der Waals surface area contributed by atoms with Crippen LogP contribution in [0.25, 0.3) is 65.6 Å². The lowest BCUT2D eigenvalue weighted by Crippen LogP contribution is -2.37. The summed E-state index contributed by atoms with van der Waals surface area (Å²) in [7, 11) is 0. The molecule has 0 atom stereocenters. The van der Waals surface area contributed by atoms with E-state index in [1.54, 1.807) is 0 Å². The summed E-state index contributed by atoms with van der Waals surface area (Å²) in [5.41, 5.74) is 14.9. The molecule has 11 aromatic rings. The minimum Gasteiger partial charge on any atom is -0.453 e. The summed E-state index contributed by atoms with van der Waals surface area (Å²) in [5, 5.41) is 7.42. The number of aromatic nitrogens is 1. The highest BCUT2D eigenvalue weighted by Gasteiger charge is 2.41. The molecule has 1 aromatic heterocycles.